The third-order valence-electron chi connectivity index (χ3n) is 6.77. The molecule has 1 amide bonds. The fourth-order valence-corrected chi connectivity index (χ4v) is 5.91. The fourth-order valence-electron chi connectivity index (χ4n) is 4.95. The number of fused-ring (bicyclic) bond motifs is 1. The van der Waals surface area contributed by atoms with Crippen molar-refractivity contribution in [1.29, 1.82) is 0 Å². The molecule has 0 spiro atoms. The van der Waals surface area contributed by atoms with E-state index in [2.05, 4.69) is 5.32 Å². The van der Waals surface area contributed by atoms with Crippen molar-refractivity contribution in [3.8, 4) is 5.75 Å². The molecule has 36 heavy (non-hydrogen) atoms. The maximum atomic E-state index is 13.2. The van der Waals surface area contributed by atoms with Gasteiger partial charge in [0.15, 0.2) is 0 Å². The molecule has 7 nitrogen and oxygen atoms in total. The summed E-state index contributed by atoms with van der Waals surface area (Å²) in [7, 11) is -3.46. The number of amides is 1. The molecule has 190 valence electrons. The minimum absolute atomic E-state index is 0.187. The SMILES string of the molecule is Cc1cc(O)cc(C)c1C[C@H](N)C(=O)N[C@@H]1CCN(S(C)(=O)=O)c2ccc(Cc3ccccc3)cc21. The van der Waals surface area contributed by atoms with Crippen LogP contribution in [0.1, 0.15) is 45.8 Å². The van der Waals surface area contributed by atoms with Crippen LogP contribution in [0, 0.1) is 13.8 Å². The van der Waals surface area contributed by atoms with Gasteiger partial charge >= 0.3 is 0 Å². The van der Waals surface area contributed by atoms with Crippen LogP contribution in [0.2, 0.25) is 0 Å². The minimum Gasteiger partial charge on any atom is -0.508 e. The Bertz CT molecular complexity index is 1350. The van der Waals surface area contributed by atoms with E-state index in [-0.39, 0.29) is 24.2 Å². The van der Waals surface area contributed by atoms with Crippen molar-refractivity contribution in [3.63, 3.8) is 0 Å². The molecule has 8 heteroatoms. The molecule has 0 radical (unpaired) electrons. The first-order chi connectivity index (χ1) is 17.0. The number of anilines is 1. The van der Waals surface area contributed by atoms with Gasteiger partial charge in [0.2, 0.25) is 15.9 Å². The summed E-state index contributed by atoms with van der Waals surface area (Å²) in [4.78, 5) is 13.2. The van der Waals surface area contributed by atoms with Gasteiger partial charge in [-0.1, -0.05) is 42.5 Å². The van der Waals surface area contributed by atoms with Gasteiger partial charge in [-0.2, -0.15) is 0 Å². The van der Waals surface area contributed by atoms with E-state index in [1.165, 1.54) is 10.6 Å². The number of nitrogens with two attached hydrogens (primary N) is 1. The zero-order valence-electron chi connectivity index (χ0n) is 20.9. The lowest BCUT2D eigenvalue weighted by molar-refractivity contribution is -0.123. The van der Waals surface area contributed by atoms with Crippen LogP contribution in [-0.4, -0.2) is 38.3 Å². The molecule has 0 aromatic heterocycles. The van der Waals surface area contributed by atoms with E-state index in [0.29, 0.717) is 24.9 Å². The van der Waals surface area contributed by atoms with Crippen LogP contribution in [-0.2, 0) is 27.7 Å². The van der Waals surface area contributed by atoms with Gasteiger partial charge < -0.3 is 16.2 Å². The molecule has 3 aromatic rings. The van der Waals surface area contributed by atoms with Gasteiger partial charge in [-0.3, -0.25) is 9.10 Å². The zero-order chi connectivity index (χ0) is 26.0. The van der Waals surface area contributed by atoms with Crippen LogP contribution in [0.5, 0.6) is 5.75 Å². The van der Waals surface area contributed by atoms with Crippen LogP contribution in [0.3, 0.4) is 0 Å². The Morgan fingerprint density at radius 1 is 1.08 bits per heavy atom. The molecule has 0 saturated heterocycles. The maximum Gasteiger partial charge on any atom is 0.237 e. The second-order valence-electron chi connectivity index (χ2n) is 9.61. The van der Waals surface area contributed by atoms with Crippen molar-refractivity contribution in [3.05, 3.63) is 94.0 Å². The summed E-state index contributed by atoms with van der Waals surface area (Å²) in [5, 5.41) is 12.9. The van der Waals surface area contributed by atoms with Crippen LogP contribution >= 0.6 is 0 Å². The quantitative estimate of drug-likeness (QED) is 0.453. The third kappa shape index (κ3) is 5.71. The molecule has 4 N–H and O–H groups in total. The molecular formula is C28H33N3O4S. The van der Waals surface area contributed by atoms with Crippen molar-refractivity contribution < 1.29 is 18.3 Å². The molecule has 3 aromatic carbocycles. The van der Waals surface area contributed by atoms with Gasteiger partial charge in [0.1, 0.15) is 5.75 Å². The van der Waals surface area contributed by atoms with Crippen molar-refractivity contribution >= 4 is 21.6 Å². The number of sulfonamides is 1. The molecule has 0 unspecified atom stereocenters. The Morgan fingerprint density at radius 3 is 2.39 bits per heavy atom. The fraction of sp³-hybridized carbons (Fsp3) is 0.321. The molecule has 0 bridgehead atoms. The molecule has 4 rings (SSSR count). The predicted molar refractivity (Wildman–Crippen MR) is 143 cm³/mol. The van der Waals surface area contributed by atoms with Crippen molar-refractivity contribution in [2.24, 2.45) is 5.73 Å². The lowest BCUT2D eigenvalue weighted by Gasteiger charge is -2.35. The summed E-state index contributed by atoms with van der Waals surface area (Å²) >= 11 is 0. The lowest BCUT2D eigenvalue weighted by atomic mass is 9.92. The molecule has 2 atom stereocenters. The molecule has 1 aliphatic heterocycles. The Kier molecular flexibility index (Phi) is 7.38. The number of carbonyl (C=O) groups excluding carboxylic acids is 1. The number of aryl methyl sites for hydroxylation is 2. The van der Waals surface area contributed by atoms with Crippen LogP contribution in [0.4, 0.5) is 5.69 Å². The molecule has 0 aliphatic carbocycles. The topological polar surface area (TPSA) is 113 Å². The highest BCUT2D eigenvalue weighted by molar-refractivity contribution is 7.92. The van der Waals surface area contributed by atoms with Gasteiger partial charge in [-0.05, 0) is 84.7 Å². The number of hydrogen-bond acceptors (Lipinski definition) is 5. The minimum atomic E-state index is -3.46. The first-order valence-corrected chi connectivity index (χ1v) is 13.9. The Morgan fingerprint density at radius 2 is 1.75 bits per heavy atom. The Labute approximate surface area is 213 Å². The molecule has 1 heterocycles. The van der Waals surface area contributed by atoms with Crippen molar-refractivity contribution in [1.82, 2.24) is 5.32 Å². The normalized spacial score (nSPS) is 16.3. The monoisotopic (exact) mass is 507 g/mol. The van der Waals surface area contributed by atoms with E-state index < -0.39 is 16.1 Å². The summed E-state index contributed by atoms with van der Waals surface area (Å²) < 4.78 is 26.3. The maximum absolute atomic E-state index is 13.2. The highest BCUT2D eigenvalue weighted by Crippen LogP contribution is 2.36. The predicted octanol–water partition coefficient (Wildman–Crippen LogP) is 3.50. The highest BCUT2D eigenvalue weighted by atomic mass is 32.2. The van der Waals surface area contributed by atoms with E-state index in [4.69, 9.17) is 5.73 Å². The van der Waals surface area contributed by atoms with Gasteiger partial charge in [-0.15, -0.1) is 0 Å². The Balaban J connectivity index is 1.59. The summed E-state index contributed by atoms with van der Waals surface area (Å²) in [6, 6.07) is 18.0. The number of hydrogen-bond donors (Lipinski definition) is 3. The molecule has 1 aliphatic rings. The highest BCUT2D eigenvalue weighted by Gasteiger charge is 2.32. The smallest absolute Gasteiger partial charge is 0.237 e. The first-order valence-electron chi connectivity index (χ1n) is 12.0. The summed E-state index contributed by atoms with van der Waals surface area (Å²) in [6.45, 7) is 4.05. The summed E-state index contributed by atoms with van der Waals surface area (Å²) in [5.41, 5.74) is 12.6. The number of rotatable bonds is 7. The summed E-state index contributed by atoms with van der Waals surface area (Å²) in [5.74, 6) is -0.105. The number of nitrogens with one attached hydrogen (secondary N) is 1. The number of nitrogens with zero attached hydrogens (tertiary/aromatic N) is 1. The lowest BCUT2D eigenvalue weighted by Crippen LogP contribution is -2.46. The first kappa shape index (κ1) is 25.7. The second-order valence-corrected chi connectivity index (χ2v) is 11.5. The van der Waals surface area contributed by atoms with E-state index >= 15 is 0 Å². The van der Waals surface area contributed by atoms with Crippen LogP contribution in [0.15, 0.2) is 60.7 Å². The Hall–Kier alpha value is -3.36. The van der Waals surface area contributed by atoms with Crippen molar-refractivity contribution in [2.45, 2.75) is 45.2 Å². The van der Waals surface area contributed by atoms with E-state index in [1.54, 1.807) is 12.1 Å². The number of aromatic hydroxyl groups is 1. The molecular weight excluding hydrogens is 474 g/mol. The van der Waals surface area contributed by atoms with Gasteiger partial charge in [0.25, 0.3) is 0 Å². The number of phenols is 1. The van der Waals surface area contributed by atoms with Gasteiger partial charge in [-0.25, -0.2) is 8.42 Å². The van der Waals surface area contributed by atoms with E-state index in [0.717, 1.165) is 33.4 Å². The van der Waals surface area contributed by atoms with Crippen molar-refractivity contribution in [2.75, 3.05) is 17.1 Å². The largest absolute Gasteiger partial charge is 0.508 e. The van der Waals surface area contributed by atoms with Crippen LogP contribution in [0.25, 0.3) is 0 Å². The van der Waals surface area contributed by atoms with E-state index in [9.17, 15) is 18.3 Å². The zero-order valence-corrected chi connectivity index (χ0v) is 21.7. The number of benzene rings is 3. The number of phenolic OH excluding ortho intramolecular Hbond substituents is 1. The molecule has 0 fully saturated rings. The third-order valence-corrected chi connectivity index (χ3v) is 7.95. The average molecular weight is 508 g/mol. The van der Waals surface area contributed by atoms with Gasteiger partial charge in [0.05, 0.1) is 24.0 Å². The number of carbonyl (C=O) groups is 1. The van der Waals surface area contributed by atoms with Gasteiger partial charge in [0, 0.05) is 6.54 Å². The van der Waals surface area contributed by atoms with Crippen LogP contribution < -0.4 is 15.4 Å². The summed E-state index contributed by atoms with van der Waals surface area (Å²) in [6.07, 6.45) is 2.69. The second kappa shape index (κ2) is 10.3. The standard InChI is InChI=1S/C28H33N3O4S/c1-18-13-22(32)14-19(2)23(18)17-25(29)28(33)30-26-11-12-31(36(3,34)35)27-10-9-21(16-24(26)27)15-20-7-5-4-6-8-20/h4-10,13-14,16,25-26,32H,11-12,15,17,29H2,1-3H3,(H,30,33)/t25-,26+/m0/s1. The average Bonchev–Trinajstić information content (AvgIpc) is 2.81. The molecule has 0 saturated carbocycles. The van der Waals surface area contributed by atoms with E-state index in [1.807, 2.05) is 62.4 Å².